The van der Waals surface area contributed by atoms with Crippen molar-refractivity contribution in [3.63, 3.8) is 0 Å². The average molecular weight is 1150 g/mol. The van der Waals surface area contributed by atoms with Crippen LogP contribution in [0.2, 0.25) is 39.3 Å². The van der Waals surface area contributed by atoms with Crippen LogP contribution in [0.15, 0.2) is 84.9 Å². The van der Waals surface area contributed by atoms with Crippen LogP contribution in [0, 0.1) is 14.9 Å². The van der Waals surface area contributed by atoms with Gasteiger partial charge >= 0.3 is 8.56 Å². The van der Waals surface area contributed by atoms with Gasteiger partial charge in [-0.3, -0.25) is 33.3 Å². The Balaban J connectivity index is -0.00000105. The first kappa shape index (κ1) is 66.4. The van der Waals surface area contributed by atoms with Crippen molar-refractivity contribution in [1.29, 1.82) is 0 Å². The van der Waals surface area contributed by atoms with E-state index in [0.717, 1.165) is 16.8 Å². The van der Waals surface area contributed by atoms with Gasteiger partial charge in [0.2, 0.25) is 0 Å². The van der Waals surface area contributed by atoms with Crippen molar-refractivity contribution in [2.45, 2.75) is 80.8 Å². The number of hydrogen-bond acceptors (Lipinski definition) is 10. The van der Waals surface area contributed by atoms with Gasteiger partial charge in [-0.1, -0.05) is 65.1 Å². The average Bonchev–Trinajstić information content (AvgIpc) is 3.59. The standard InChI is InChI=1S/C24H20N2O3.C18H30N2O5Si3.2CH4.2CH3.3Y/c1-3-22(27)17-8-13-20-21(14-17)24(29)26(23(20)28)19-11-6-16(7-12-19)15-4-9-18(25-2)10-5-15;1-9-16(21)13-10-11-14-15(12-13)18(23)20(17(14)22)27(5,6)25-28(7,8)24-26(3,4)19-2;;;;;;;/h4-14,25H,3H2,1-2H3;10-12,19H,9H2,1-8H3;2*1H4;2*1H3;;;/q;;;;2*-1;;;. The van der Waals surface area contributed by atoms with E-state index < -0.39 is 37.3 Å². The van der Waals surface area contributed by atoms with Crippen LogP contribution in [0.5, 0.6) is 0 Å². The molecule has 0 unspecified atom stereocenters. The predicted octanol–water partition coefficient (Wildman–Crippen LogP) is 10.2. The number of imide groups is 2. The van der Waals surface area contributed by atoms with Gasteiger partial charge in [-0.25, -0.2) is 4.90 Å². The maximum absolute atomic E-state index is 13.1. The minimum atomic E-state index is -2.91. The van der Waals surface area contributed by atoms with Crippen molar-refractivity contribution >= 4 is 72.1 Å². The first-order chi connectivity index (χ1) is 26.8. The minimum absolute atomic E-state index is 0. The predicted molar refractivity (Wildman–Crippen MR) is 255 cm³/mol. The Morgan fingerprint density at radius 3 is 1.38 bits per heavy atom. The van der Waals surface area contributed by atoms with E-state index in [9.17, 15) is 28.8 Å². The molecule has 0 aromatic heterocycles. The van der Waals surface area contributed by atoms with Crippen LogP contribution < -0.4 is 15.2 Å². The van der Waals surface area contributed by atoms with Crippen LogP contribution in [0.3, 0.4) is 0 Å². The van der Waals surface area contributed by atoms with E-state index in [2.05, 4.69) is 10.3 Å². The second-order valence-corrected chi connectivity index (χ2v) is 26.4. The van der Waals surface area contributed by atoms with Crippen LogP contribution in [0.4, 0.5) is 11.4 Å². The first-order valence-electron chi connectivity index (χ1n) is 18.9. The number of amides is 4. The number of hydrogen-bond donors (Lipinski definition) is 2. The fourth-order valence-corrected chi connectivity index (χ4v) is 19.2. The van der Waals surface area contributed by atoms with E-state index in [4.69, 9.17) is 8.23 Å². The van der Waals surface area contributed by atoms with Gasteiger partial charge in [0.15, 0.2) is 11.6 Å². The molecule has 0 atom stereocenters. The molecule has 0 saturated carbocycles. The van der Waals surface area contributed by atoms with E-state index >= 15 is 0 Å². The van der Waals surface area contributed by atoms with E-state index in [0.29, 0.717) is 40.8 Å². The maximum Gasteiger partial charge on any atom is 0.313 e. The van der Waals surface area contributed by atoms with Gasteiger partial charge in [-0.15, -0.1) is 0 Å². The number of ketones is 2. The molecule has 0 bridgehead atoms. The van der Waals surface area contributed by atoms with Crippen LogP contribution in [-0.2, 0) is 106 Å². The number of carbonyl (C=O) groups is 6. The molecule has 18 heteroatoms. The number of fused-ring (bicyclic) bond motifs is 2. The number of benzene rings is 4. The Kier molecular flexibility index (Phi) is 28.2. The second-order valence-electron chi connectivity index (χ2n) is 15.2. The molecule has 4 aromatic rings. The molecule has 6 rings (SSSR count). The zero-order valence-electron chi connectivity index (χ0n) is 37.9. The summed E-state index contributed by atoms with van der Waals surface area (Å²) >= 11 is 0. The second kappa shape index (κ2) is 27.2. The zero-order chi connectivity index (χ0) is 42.0. The SMILES string of the molecule is C.C.CCC(=O)c1ccc2c(c1)C(=O)N([Si](C)(C)O[Si](C)(C)O[Si](C)(C)NC)C2=O.CCC(=O)c1ccc2c(c1)C(=O)N(c1ccc(-c3ccc(NC)cc3)cc1)C2=O.[CH3-].[CH3-].[Y].[Y].[Y]. The molecule has 4 amide bonds. The van der Waals surface area contributed by atoms with Gasteiger partial charge in [0.05, 0.1) is 27.9 Å². The summed E-state index contributed by atoms with van der Waals surface area (Å²) < 4.78 is 13.9. The molecule has 64 heavy (non-hydrogen) atoms. The Morgan fingerprint density at radius 2 is 0.953 bits per heavy atom. The van der Waals surface area contributed by atoms with E-state index in [1.165, 1.54) is 21.6 Å². The third-order valence-corrected chi connectivity index (χ3v) is 20.5. The number of Topliss-reactive ketones (excluding diaryl/α,β-unsaturated/α-hetero) is 2. The summed E-state index contributed by atoms with van der Waals surface area (Å²) in [6.45, 7) is 15.1. The van der Waals surface area contributed by atoms with Crippen molar-refractivity contribution in [3.05, 3.63) is 133 Å². The number of rotatable bonds is 13. The van der Waals surface area contributed by atoms with Crippen molar-refractivity contribution in [3.8, 4) is 11.1 Å². The van der Waals surface area contributed by atoms with Crippen LogP contribution >= 0.6 is 0 Å². The van der Waals surface area contributed by atoms with Crippen molar-refractivity contribution in [2.75, 3.05) is 24.3 Å². The smallest absolute Gasteiger partial charge is 0.313 e. The van der Waals surface area contributed by atoms with Crippen LogP contribution in [-0.4, -0.2) is 79.4 Å². The first-order valence-corrected chi connectivity index (χ1v) is 27.5. The Bertz CT molecular complexity index is 2280. The van der Waals surface area contributed by atoms with Crippen molar-refractivity contribution in [1.82, 2.24) is 9.55 Å². The molecule has 0 spiro atoms. The monoisotopic (exact) mass is 1150 g/mol. The van der Waals surface area contributed by atoms with Gasteiger partial charge in [0.1, 0.15) is 0 Å². The summed E-state index contributed by atoms with van der Waals surface area (Å²) in [6, 6.07) is 24.7. The van der Waals surface area contributed by atoms with E-state index in [1.807, 2.05) is 89.8 Å². The Morgan fingerprint density at radius 1 is 0.562 bits per heavy atom. The Labute approximate surface area is 460 Å². The summed E-state index contributed by atoms with van der Waals surface area (Å²) in [7, 11) is -3.88. The molecule has 4 aromatic carbocycles. The molecule has 2 aliphatic rings. The molecule has 2 aliphatic heterocycles. The topological polar surface area (TPSA) is 151 Å². The van der Waals surface area contributed by atoms with Gasteiger partial charge in [0, 0.05) is 135 Å². The summed E-state index contributed by atoms with van der Waals surface area (Å²) in [5.74, 6) is -1.64. The van der Waals surface area contributed by atoms with Gasteiger partial charge in [0.25, 0.3) is 40.6 Å². The number of anilines is 2. The fourth-order valence-electron chi connectivity index (χ4n) is 6.93. The summed E-state index contributed by atoms with van der Waals surface area (Å²) in [5, 5.41) is 3.08. The molecule has 12 nitrogen and oxygen atoms in total. The van der Waals surface area contributed by atoms with Crippen molar-refractivity contribution in [2.24, 2.45) is 0 Å². The van der Waals surface area contributed by atoms with Gasteiger partial charge < -0.3 is 33.4 Å². The molecule has 0 saturated heterocycles. The fraction of sp³-hybridized carbons (Fsp3) is 0.304. The molecule has 0 fully saturated rings. The summed E-state index contributed by atoms with van der Waals surface area (Å²) in [4.78, 5) is 80.0. The third kappa shape index (κ3) is 14.8. The summed E-state index contributed by atoms with van der Waals surface area (Å²) in [6.07, 6.45) is 0.692. The van der Waals surface area contributed by atoms with E-state index in [1.54, 1.807) is 50.2 Å². The molecule has 2 heterocycles. The molecular formula is C46H64N4O8Si3Y3-2. The largest absolute Gasteiger partial charge is 0.424 e. The molecular weight excluding hydrogens is 1090 g/mol. The minimum Gasteiger partial charge on any atom is -0.424 e. The third-order valence-electron chi connectivity index (χ3n) is 9.83. The van der Waals surface area contributed by atoms with Gasteiger partial charge in [-0.2, -0.15) is 0 Å². The number of nitrogens with one attached hydrogen (secondary N) is 2. The van der Waals surface area contributed by atoms with E-state index in [-0.39, 0.29) is 162 Å². The molecule has 339 valence electrons. The van der Waals surface area contributed by atoms with Crippen LogP contribution in [0.1, 0.15) is 104 Å². The number of nitrogens with zero attached hydrogens (tertiary/aromatic N) is 2. The summed E-state index contributed by atoms with van der Waals surface area (Å²) in [5.41, 5.74) is 5.68. The maximum atomic E-state index is 13.1. The van der Waals surface area contributed by atoms with Crippen molar-refractivity contribution < 1.29 is 135 Å². The zero-order valence-corrected chi connectivity index (χ0v) is 49.4. The van der Waals surface area contributed by atoms with Crippen LogP contribution in [0.25, 0.3) is 11.1 Å². The number of carbonyl (C=O) groups excluding carboxylic acids is 6. The molecule has 3 radical (unpaired) electrons. The molecule has 2 N–H and O–H groups in total. The molecule has 0 aliphatic carbocycles. The Hall–Kier alpha value is -1.86. The normalized spacial score (nSPS) is 12.5. The quantitative estimate of drug-likeness (QED) is 0.0573. The van der Waals surface area contributed by atoms with Gasteiger partial charge in [-0.05, 0) is 106 Å².